The molecule has 0 aliphatic carbocycles. The number of aryl methyl sites for hydroxylation is 1. The molecule has 2 atom stereocenters. The number of nitrogens with one attached hydrogen (secondary N) is 2. The van der Waals surface area contributed by atoms with Gasteiger partial charge in [0.25, 0.3) is 11.8 Å². The van der Waals surface area contributed by atoms with E-state index in [1.54, 1.807) is 12.1 Å². The molecule has 2 heterocycles. The smallest absolute Gasteiger partial charge is 0.255 e. The van der Waals surface area contributed by atoms with E-state index in [0.717, 1.165) is 37.9 Å². The Balaban J connectivity index is 1.57. The molecule has 2 aromatic carbocycles. The summed E-state index contributed by atoms with van der Waals surface area (Å²) in [5.41, 5.74) is 2.87. The first-order chi connectivity index (χ1) is 13.1. The SMILES string of the molecule is Cc1ccc(C(=O)N2C3CCNCC2CC3)cc1NC(=O)c1ccccc1. The predicted molar refractivity (Wildman–Crippen MR) is 106 cm³/mol. The fourth-order valence-corrected chi connectivity index (χ4v) is 4.14. The molecule has 0 saturated carbocycles. The number of hydrogen-bond donors (Lipinski definition) is 2. The van der Waals surface area contributed by atoms with Crippen LogP contribution in [0.3, 0.4) is 0 Å². The summed E-state index contributed by atoms with van der Waals surface area (Å²) in [6.45, 7) is 3.78. The number of anilines is 1. The van der Waals surface area contributed by atoms with Crippen LogP contribution >= 0.6 is 0 Å². The van der Waals surface area contributed by atoms with Crippen molar-refractivity contribution in [3.8, 4) is 0 Å². The molecule has 2 aliphatic heterocycles. The van der Waals surface area contributed by atoms with Gasteiger partial charge >= 0.3 is 0 Å². The molecule has 140 valence electrons. The van der Waals surface area contributed by atoms with Gasteiger partial charge in [-0.15, -0.1) is 0 Å². The van der Waals surface area contributed by atoms with E-state index in [0.29, 0.717) is 22.9 Å². The molecule has 5 heteroatoms. The average molecular weight is 363 g/mol. The van der Waals surface area contributed by atoms with Gasteiger partial charge in [0.15, 0.2) is 0 Å². The summed E-state index contributed by atoms with van der Waals surface area (Å²) < 4.78 is 0. The van der Waals surface area contributed by atoms with E-state index in [4.69, 9.17) is 0 Å². The highest BCUT2D eigenvalue weighted by molar-refractivity contribution is 6.05. The largest absolute Gasteiger partial charge is 0.331 e. The van der Waals surface area contributed by atoms with E-state index in [1.165, 1.54) is 0 Å². The number of carbonyl (C=O) groups excluding carboxylic acids is 2. The highest BCUT2D eigenvalue weighted by atomic mass is 16.2. The summed E-state index contributed by atoms with van der Waals surface area (Å²) >= 11 is 0. The normalized spacial score (nSPS) is 21.6. The minimum Gasteiger partial charge on any atom is -0.331 e. The van der Waals surface area contributed by atoms with E-state index in [1.807, 2.05) is 43.3 Å². The van der Waals surface area contributed by atoms with Crippen LogP contribution in [0, 0.1) is 6.92 Å². The third-order valence-corrected chi connectivity index (χ3v) is 5.66. The van der Waals surface area contributed by atoms with Crippen LogP contribution in [0.1, 0.15) is 45.5 Å². The molecule has 2 bridgehead atoms. The van der Waals surface area contributed by atoms with Crippen molar-refractivity contribution in [1.82, 2.24) is 10.2 Å². The second-order valence-corrected chi connectivity index (χ2v) is 7.44. The molecule has 2 aromatic rings. The molecular formula is C22H25N3O2. The van der Waals surface area contributed by atoms with Gasteiger partial charge in [0.1, 0.15) is 0 Å². The first kappa shape index (κ1) is 17.7. The van der Waals surface area contributed by atoms with E-state index in [9.17, 15) is 9.59 Å². The average Bonchev–Trinajstić information content (AvgIpc) is 2.96. The highest BCUT2D eigenvalue weighted by Crippen LogP contribution is 2.30. The molecular weight excluding hydrogens is 338 g/mol. The second kappa shape index (κ2) is 7.53. The zero-order valence-electron chi connectivity index (χ0n) is 15.6. The monoisotopic (exact) mass is 363 g/mol. The molecule has 0 radical (unpaired) electrons. The van der Waals surface area contributed by atoms with Crippen molar-refractivity contribution in [2.45, 2.75) is 38.3 Å². The van der Waals surface area contributed by atoms with Crippen LogP contribution in [0.5, 0.6) is 0 Å². The van der Waals surface area contributed by atoms with Gasteiger partial charge in [-0.05, 0) is 62.6 Å². The predicted octanol–water partition coefficient (Wildman–Crippen LogP) is 3.21. The van der Waals surface area contributed by atoms with Crippen molar-refractivity contribution >= 4 is 17.5 Å². The van der Waals surface area contributed by atoms with E-state index < -0.39 is 0 Å². The van der Waals surface area contributed by atoms with Crippen LogP contribution in [-0.2, 0) is 0 Å². The van der Waals surface area contributed by atoms with Crippen LogP contribution in [0.4, 0.5) is 5.69 Å². The summed E-state index contributed by atoms with van der Waals surface area (Å²) in [5, 5.41) is 6.38. The topological polar surface area (TPSA) is 61.4 Å². The summed E-state index contributed by atoms with van der Waals surface area (Å²) in [6, 6.07) is 15.3. The third kappa shape index (κ3) is 3.60. The zero-order valence-corrected chi connectivity index (χ0v) is 15.6. The van der Waals surface area contributed by atoms with Crippen LogP contribution in [-0.4, -0.2) is 41.9 Å². The Morgan fingerprint density at radius 2 is 1.78 bits per heavy atom. The van der Waals surface area contributed by atoms with Crippen molar-refractivity contribution in [1.29, 1.82) is 0 Å². The van der Waals surface area contributed by atoms with Gasteiger partial charge in [-0.25, -0.2) is 0 Å². The van der Waals surface area contributed by atoms with Gasteiger partial charge in [-0.3, -0.25) is 9.59 Å². The molecule has 2 unspecified atom stereocenters. The lowest BCUT2D eigenvalue weighted by Crippen LogP contribution is -2.42. The van der Waals surface area contributed by atoms with E-state index >= 15 is 0 Å². The molecule has 2 aliphatic rings. The highest BCUT2D eigenvalue weighted by Gasteiger charge is 2.38. The number of nitrogens with zero attached hydrogens (tertiary/aromatic N) is 1. The van der Waals surface area contributed by atoms with Crippen LogP contribution in [0.15, 0.2) is 48.5 Å². The Morgan fingerprint density at radius 3 is 2.59 bits per heavy atom. The van der Waals surface area contributed by atoms with Crippen molar-refractivity contribution in [3.63, 3.8) is 0 Å². The molecule has 2 fully saturated rings. The maximum Gasteiger partial charge on any atom is 0.255 e. The number of benzene rings is 2. The first-order valence-corrected chi connectivity index (χ1v) is 9.64. The quantitative estimate of drug-likeness (QED) is 0.880. The standard InChI is InChI=1S/C22H25N3O2/c1-15-7-8-17(13-20(15)24-21(26)16-5-3-2-4-6-16)22(27)25-18-9-10-19(25)14-23-12-11-18/h2-8,13,18-19,23H,9-12,14H2,1H3,(H,24,26). The Morgan fingerprint density at radius 1 is 1.00 bits per heavy atom. The summed E-state index contributed by atoms with van der Waals surface area (Å²) in [6.07, 6.45) is 3.15. The maximum absolute atomic E-state index is 13.2. The Labute approximate surface area is 159 Å². The molecule has 4 rings (SSSR count). The Kier molecular flexibility index (Phi) is 4.94. The molecule has 27 heavy (non-hydrogen) atoms. The lowest BCUT2D eigenvalue weighted by molar-refractivity contribution is 0.0680. The molecule has 2 N–H and O–H groups in total. The minimum atomic E-state index is -0.164. The van der Waals surface area contributed by atoms with Gasteiger partial charge in [0.2, 0.25) is 0 Å². The number of hydrogen-bond acceptors (Lipinski definition) is 3. The first-order valence-electron chi connectivity index (χ1n) is 9.64. The summed E-state index contributed by atoms with van der Waals surface area (Å²) in [4.78, 5) is 27.8. The van der Waals surface area contributed by atoms with Crippen molar-refractivity contribution in [2.24, 2.45) is 0 Å². The third-order valence-electron chi connectivity index (χ3n) is 5.66. The maximum atomic E-state index is 13.2. The summed E-state index contributed by atoms with van der Waals surface area (Å²) in [5.74, 6) is -0.0937. The zero-order chi connectivity index (χ0) is 18.8. The lowest BCUT2D eigenvalue weighted by Gasteiger charge is -2.28. The lowest BCUT2D eigenvalue weighted by atomic mass is 10.1. The Hall–Kier alpha value is -2.66. The summed E-state index contributed by atoms with van der Waals surface area (Å²) in [7, 11) is 0. The van der Waals surface area contributed by atoms with Crippen molar-refractivity contribution in [2.75, 3.05) is 18.4 Å². The van der Waals surface area contributed by atoms with Gasteiger partial charge in [-0.2, -0.15) is 0 Å². The Bertz CT molecular complexity index is 836. The van der Waals surface area contributed by atoms with E-state index in [2.05, 4.69) is 15.5 Å². The molecule has 0 spiro atoms. The molecule has 5 nitrogen and oxygen atoms in total. The molecule has 0 aromatic heterocycles. The van der Waals surface area contributed by atoms with Gasteiger partial charge in [0, 0.05) is 35.4 Å². The number of fused-ring (bicyclic) bond motifs is 2. The van der Waals surface area contributed by atoms with Gasteiger partial charge < -0.3 is 15.5 Å². The van der Waals surface area contributed by atoms with Crippen molar-refractivity contribution < 1.29 is 9.59 Å². The number of amides is 2. The molecule has 2 amide bonds. The number of carbonyl (C=O) groups is 2. The number of rotatable bonds is 3. The van der Waals surface area contributed by atoms with Gasteiger partial charge in [-0.1, -0.05) is 24.3 Å². The second-order valence-electron chi connectivity index (χ2n) is 7.44. The van der Waals surface area contributed by atoms with Crippen molar-refractivity contribution in [3.05, 3.63) is 65.2 Å². The fourth-order valence-electron chi connectivity index (χ4n) is 4.14. The van der Waals surface area contributed by atoms with E-state index in [-0.39, 0.29) is 17.9 Å². The fraction of sp³-hybridized carbons (Fsp3) is 0.364. The van der Waals surface area contributed by atoms with Gasteiger partial charge in [0.05, 0.1) is 0 Å². The van der Waals surface area contributed by atoms with Crippen LogP contribution in [0.25, 0.3) is 0 Å². The van der Waals surface area contributed by atoms with Crippen LogP contribution < -0.4 is 10.6 Å². The van der Waals surface area contributed by atoms with Crippen LogP contribution in [0.2, 0.25) is 0 Å². The molecule has 2 saturated heterocycles. The minimum absolute atomic E-state index is 0.0708.